The predicted octanol–water partition coefficient (Wildman–Crippen LogP) is 2.87. The Bertz CT molecular complexity index is 558. The zero-order valence-corrected chi connectivity index (χ0v) is 11.1. The van der Waals surface area contributed by atoms with Gasteiger partial charge >= 0.3 is 6.09 Å². The van der Waals surface area contributed by atoms with Gasteiger partial charge in [-0.25, -0.2) is 9.18 Å². The SMILES string of the molecule is C[C@@]1(Nc2cccc(F)c2)C[C@H](C#N)CCN1C(=O)O. The molecule has 1 saturated heterocycles. The van der Waals surface area contributed by atoms with Gasteiger partial charge in [-0.15, -0.1) is 0 Å². The summed E-state index contributed by atoms with van der Waals surface area (Å²) in [5, 5.41) is 21.4. The van der Waals surface area contributed by atoms with Crippen LogP contribution in [0.15, 0.2) is 24.3 Å². The molecule has 0 radical (unpaired) electrons. The van der Waals surface area contributed by atoms with E-state index in [9.17, 15) is 14.3 Å². The molecule has 2 atom stereocenters. The normalized spacial score (nSPS) is 25.9. The minimum Gasteiger partial charge on any atom is -0.465 e. The van der Waals surface area contributed by atoms with Gasteiger partial charge in [-0.1, -0.05) is 6.07 Å². The number of carboxylic acid groups (broad SMARTS) is 1. The Kier molecular flexibility index (Phi) is 3.79. The van der Waals surface area contributed by atoms with Crippen molar-refractivity contribution in [3.05, 3.63) is 30.1 Å². The Labute approximate surface area is 116 Å². The molecule has 1 amide bonds. The lowest BCUT2D eigenvalue weighted by Crippen LogP contribution is -2.58. The number of nitrogens with zero attached hydrogens (tertiary/aromatic N) is 2. The topological polar surface area (TPSA) is 76.4 Å². The third-order valence-corrected chi connectivity index (χ3v) is 3.59. The minimum atomic E-state index is -1.05. The maximum absolute atomic E-state index is 13.2. The molecular weight excluding hydrogens is 261 g/mol. The first-order valence-electron chi connectivity index (χ1n) is 6.38. The first-order valence-corrected chi connectivity index (χ1v) is 6.38. The van der Waals surface area contributed by atoms with E-state index in [0.717, 1.165) is 0 Å². The number of halogens is 1. The monoisotopic (exact) mass is 277 g/mol. The van der Waals surface area contributed by atoms with Gasteiger partial charge in [0, 0.05) is 18.7 Å². The molecular formula is C14H16FN3O2. The predicted molar refractivity (Wildman–Crippen MR) is 71.5 cm³/mol. The van der Waals surface area contributed by atoms with Crippen molar-refractivity contribution < 1.29 is 14.3 Å². The lowest BCUT2D eigenvalue weighted by Gasteiger charge is -2.45. The molecule has 0 aliphatic carbocycles. The molecule has 1 aliphatic rings. The molecule has 6 heteroatoms. The zero-order valence-electron chi connectivity index (χ0n) is 11.1. The lowest BCUT2D eigenvalue weighted by atomic mass is 9.88. The molecule has 0 saturated carbocycles. The van der Waals surface area contributed by atoms with E-state index >= 15 is 0 Å². The number of rotatable bonds is 2. The molecule has 2 N–H and O–H groups in total. The summed E-state index contributed by atoms with van der Waals surface area (Å²) in [7, 11) is 0. The molecule has 20 heavy (non-hydrogen) atoms. The zero-order chi connectivity index (χ0) is 14.8. The second-order valence-corrected chi connectivity index (χ2v) is 5.16. The Morgan fingerprint density at radius 1 is 1.65 bits per heavy atom. The van der Waals surface area contributed by atoms with Crippen LogP contribution in [0.5, 0.6) is 0 Å². The number of hydrogen-bond acceptors (Lipinski definition) is 3. The number of carbonyl (C=O) groups is 1. The molecule has 1 aromatic carbocycles. The molecule has 1 aliphatic heterocycles. The van der Waals surface area contributed by atoms with Crippen LogP contribution in [-0.2, 0) is 0 Å². The second kappa shape index (κ2) is 5.37. The lowest BCUT2D eigenvalue weighted by molar-refractivity contribution is 0.0620. The Hall–Kier alpha value is -2.29. The van der Waals surface area contributed by atoms with Crippen LogP contribution in [0.25, 0.3) is 0 Å². The van der Waals surface area contributed by atoms with Gasteiger partial charge in [0.25, 0.3) is 0 Å². The van der Waals surface area contributed by atoms with Crippen molar-refractivity contribution in [2.75, 3.05) is 11.9 Å². The molecule has 0 aromatic heterocycles. The van der Waals surface area contributed by atoms with E-state index in [1.807, 2.05) is 0 Å². The van der Waals surface area contributed by atoms with E-state index in [0.29, 0.717) is 18.5 Å². The average Bonchev–Trinajstić information content (AvgIpc) is 2.37. The highest BCUT2D eigenvalue weighted by Gasteiger charge is 2.41. The first-order chi connectivity index (χ1) is 9.44. The van der Waals surface area contributed by atoms with Gasteiger partial charge in [0.1, 0.15) is 11.5 Å². The van der Waals surface area contributed by atoms with Crippen molar-refractivity contribution in [3.8, 4) is 6.07 Å². The van der Waals surface area contributed by atoms with Gasteiger partial charge < -0.3 is 10.4 Å². The molecule has 1 aromatic rings. The molecule has 0 spiro atoms. The highest BCUT2D eigenvalue weighted by molar-refractivity contribution is 5.67. The van der Waals surface area contributed by atoms with Crippen LogP contribution < -0.4 is 5.32 Å². The number of piperidine rings is 1. The number of nitrogens with one attached hydrogen (secondary N) is 1. The van der Waals surface area contributed by atoms with Crippen molar-refractivity contribution in [2.24, 2.45) is 5.92 Å². The number of hydrogen-bond donors (Lipinski definition) is 2. The Balaban J connectivity index is 2.27. The molecule has 0 bridgehead atoms. The fourth-order valence-corrected chi connectivity index (χ4v) is 2.64. The summed E-state index contributed by atoms with van der Waals surface area (Å²) in [6.07, 6.45) is -0.164. The summed E-state index contributed by atoms with van der Waals surface area (Å²) in [4.78, 5) is 12.6. The quantitative estimate of drug-likeness (QED) is 0.871. The van der Waals surface area contributed by atoms with Gasteiger partial charge in [0.2, 0.25) is 0 Å². The van der Waals surface area contributed by atoms with Gasteiger partial charge in [0.15, 0.2) is 0 Å². The van der Waals surface area contributed by atoms with E-state index < -0.39 is 17.6 Å². The van der Waals surface area contributed by atoms with Gasteiger partial charge in [-0.3, -0.25) is 4.90 Å². The number of benzene rings is 1. The van der Waals surface area contributed by atoms with Crippen molar-refractivity contribution in [2.45, 2.75) is 25.4 Å². The Morgan fingerprint density at radius 2 is 2.40 bits per heavy atom. The summed E-state index contributed by atoms with van der Waals surface area (Å²) in [6, 6.07) is 8.03. The van der Waals surface area contributed by atoms with Crippen molar-refractivity contribution >= 4 is 11.8 Å². The van der Waals surface area contributed by atoms with Crippen LogP contribution in [0, 0.1) is 23.1 Å². The standard InChI is InChI=1S/C14H16FN3O2/c1-14(17-12-4-2-3-11(15)7-12)8-10(9-16)5-6-18(14)13(19)20/h2-4,7,10,17H,5-6,8H2,1H3,(H,19,20)/t10-,14+/m1/s1. The summed E-state index contributed by atoms with van der Waals surface area (Å²) in [5.41, 5.74) is -0.421. The van der Waals surface area contributed by atoms with E-state index in [4.69, 9.17) is 5.26 Å². The maximum atomic E-state index is 13.2. The van der Waals surface area contributed by atoms with Crippen LogP contribution in [0.2, 0.25) is 0 Å². The van der Waals surface area contributed by atoms with Crippen LogP contribution in [0.3, 0.4) is 0 Å². The summed E-state index contributed by atoms with van der Waals surface area (Å²) in [6.45, 7) is 2.00. The molecule has 1 fully saturated rings. The molecule has 106 valence electrons. The third kappa shape index (κ3) is 2.82. The fraction of sp³-hybridized carbons (Fsp3) is 0.429. The fourth-order valence-electron chi connectivity index (χ4n) is 2.64. The molecule has 0 unspecified atom stereocenters. The highest BCUT2D eigenvalue weighted by atomic mass is 19.1. The van der Waals surface area contributed by atoms with Gasteiger partial charge in [0.05, 0.1) is 12.0 Å². The third-order valence-electron chi connectivity index (χ3n) is 3.59. The summed E-state index contributed by atoms with van der Waals surface area (Å²) in [5.74, 6) is -0.607. The van der Waals surface area contributed by atoms with Crippen molar-refractivity contribution in [1.29, 1.82) is 5.26 Å². The van der Waals surface area contributed by atoms with E-state index in [-0.39, 0.29) is 12.5 Å². The van der Waals surface area contributed by atoms with Crippen LogP contribution in [0.1, 0.15) is 19.8 Å². The first kappa shape index (κ1) is 14.1. The Morgan fingerprint density at radius 3 is 3.00 bits per heavy atom. The minimum absolute atomic E-state index is 0.211. The second-order valence-electron chi connectivity index (χ2n) is 5.16. The number of anilines is 1. The molecule has 1 heterocycles. The van der Waals surface area contributed by atoms with Crippen LogP contribution in [0.4, 0.5) is 14.9 Å². The molecule has 5 nitrogen and oxygen atoms in total. The number of nitriles is 1. The van der Waals surface area contributed by atoms with E-state index in [1.54, 1.807) is 19.1 Å². The number of amides is 1. The maximum Gasteiger partial charge on any atom is 0.409 e. The smallest absolute Gasteiger partial charge is 0.409 e. The van der Waals surface area contributed by atoms with Gasteiger partial charge in [-0.2, -0.15) is 5.26 Å². The van der Waals surface area contributed by atoms with Gasteiger partial charge in [-0.05, 0) is 31.5 Å². The summed E-state index contributed by atoms with van der Waals surface area (Å²) >= 11 is 0. The van der Waals surface area contributed by atoms with E-state index in [2.05, 4.69) is 11.4 Å². The van der Waals surface area contributed by atoms with Crippen LogP contribution in [-0.4, -0.2) is 28.3 Å². The van der Waals surface area contributed by atoms with Crippen LogP contribution >= 0.6 is 0 Å². The highest BCUT2D eigenvalue weighted by Crippen LogP contribution is 2.32. The van der Waals surface area contributed by atoms with E-state index in [1.165, 1.54) is 17.0 Å². The van der Waals surface area contributed by atoms with Crippen molar-refractivity contribution in [1.82, 2.24) is 4.90 Å². The average molecular weight is 277 g/mol. The molecule has 2 rings (SSSR count). The summed E-state index contributed by atoms with van der Waals surface area (Å²) < 4.78 is 13.2. The largest absolute Gasteiger partial charge is 0.465 e. The number of likely N-dealkylation sites (tertiary alicyclic amines) is 1. The van der Waals surface area contributed by atoms with Crippen molar-refractivity contribution in [3.63, 3.8) is 0 Å².